The first-order valence-corrected chi connectivity index (χ1v) is 11.7. The average Bonchev–Trinajstić information content (AvgIpc) is 3.21. The second-order valence-corrected chi connectivity index (χ2v) is 10.1. The maximum Gasteiger partial charge on any atom is 0.420 e. The van der Waals surface area contributed by atoms with Gasteiger partial charge in [0.1, 0.15) is 5.58 Å². The predicted molar refractivity (Wildman–Crippen MR) is 116 cm³/mol. The number of anilines is 1. The molecule has 4 rings (SSSR count). The molecule has 3 aromatic rings. The van der Waals surface area contributed by atoms with E-state index >= 15 is 0 Å². The fraction of sp³-hybridized carbons (Fsp3) is 0.318. The molecule has 2 aromatic carbocycles. The lowest BCUT2D eigenvalue weighted by atomic mass is 10.0. The lowest BCUT2D eigenvalue weighted by molar-refractivity contribution is -0.136. The van der Waals surface area contributed by atoms with Crippen molar-refractivity contribution in [3.63, 3.8) is 0 Å². The molecule has 0 saturated carbocycles. The van der Waals surface area contributed by atoms with Crippen molar-refractivity contribution in [3.05, 3.63) is 48.0 Å². The number of hydrogen-bond acceptors (Lipinski definition) is 4. The average molecular weight is 518 g/mol. The second-order valence-electron chi connectivity index (χ2n) is 8.15. The number of piperidine rings is 1. The summed E-state index contributed by atoms with van der Waals surface area (Å²) in [5.74, 6) is -3.22. The number of alkyl halides is 5. The van der Waals surface area contributed by atoms with Crippen LogP contribution in [0.2, 0.25) is 0 Å². The van der Waals surface area contributed by atoms with Gasteiger partial charge in [0.15, 0.2) is 0 Å². The van der Waals surface area contributed by atoms with Crippen molar-refractivity contribution >= 4 is 33.0 Å². The van der Waals surface area contributed by atoms with E-state index in [2.05, 4.69) is 0 Å². The number of amides is 1. The van der Waals surface area contributed by atoms with E-state index in [0.717, 1.165) is 23.5 Å². The van der Waals surface area contributed by atoms with Crippen LogP contribution in [0.3, 0.4) is 0 Å². The van der Waals surface area contributed by atoms with Crippen molar-refractivity contribution in [3.8, 4) is 11.1 Å². The van der Waals surface area contributed by atoms with Crippen molar-refractivity contribution < 1.29 is 44.7 Å². The number of hydrogen-bond donors (Lipinski definition) is 1. The molecule has 1 aromatic heterocycles. The summed E-state index contributed by atoms with van der Waals surface area (Å²) >= 11 is 0. The maximum atomic E-state index is 13.7. The van der Waals surface area contributed by atoms with Gasteiger partial charge in [0, 0.05) is 44.4 Å². The first kappa shape index (κ1) is 24.9. The van der Waals surface area contributed by atoms with E-state index < -0.39 is 52.2 Å². The van der Waals surface area contributed by atoms with Crippen LogP contribution in [0.15, 0.2) is 51.8 Å². The molecule has 1 fully saturated rings. The third-order valence-electron chi connectivity index (χ3n) is 5.81. The summed E-state index contributed by atoms with van der Waals surface area (Å²) in [7, 11) is -2.93. The Balaban J connectivity index is 1.71. The van der Waals surface area contributed by atoms with E-state index in [0.29, 0.717) is 4.90 Å². The van der Waals surface area contributed by atoms with Crippen molar-refractivity contribution in [1.29, 1.82) is 0 Å². The summed E-state index contributed by atoms with van der Waals surface area (Å²) in [5.41, 5.74) is -1.31. The monoisotopic (exact) mass is 518 g/mol. The number of rotatable bonds is 4. The Labute approximate surface area is 196 Å². The van der Waals surface area contributed by atoms with Crippen molar-refractivity contribution in [1.82, 2.24) is 4.31 Å². The van der Waals surface area contributed by atoms with Gasteiger partial charge >= 0.3 is 12.3 Å². The zero-order valence-corrected chi connectivity index (χ0v) is 19.0. The molecule has 188 valence electrons. The van der Waals surface area contributed by atoms with Crippen LogP contribution in [0, 0.1) is 0 Å². The number of nitrogens with zero attached hydrogens (tertiary/aromatic N) is 2. The molecule has 0 spiro atoms. The van der Waals surface area contributed by atoms with E-state index in [1.54, 1.807) is 0 Å². The van der Waals surface area contributed by atoms with E-state index in [4.69, 9.17) is 9.52 Å². The number of fused-ring (bicyclic) bond motifs is 1. The molecular formula is C22H19F5N2O5S. The highest BCUT2D eigenvalue weighted by atomic mass is 32.2. The van der Waals surface area contributed by atoms with Crippen LogP contribution >= 0.6 is 0 Å². The van der Waals surface area contributed by atoms with Crippen LogP contribution in [0.5, 0.6) is 0 Å². The number of furan rings is 1. The van der Waals surface area contributed by atoms with Crippen molar-refractivity contribution in [2.24, 2.45) is 0 Å². The van der Waals surface area contributed by atoms with Crippen LogP contribution in [-0.4, -0.2) is 50.0 Å². The largest absolute Gasteiger partial charge is 0.465 e. The second kappa shape index (κ2) is 8.48. The minimum atomic E-state index is -4.81. The van der Waals surface area contributed by atoms with E-state index in [1.807, 2.05) is 0 Å². The molecule has 35 heavy (non-hydrogen) atoms. The van der Waals surface area contributed by atoms with Gasteiger partial charge in [0.25, 0.3) is 5.92 Å². The summed E-state index contributed by atoms with van der Waals surface area (Å²) in [4.78, 5) is 11.6. The number of halogens is 5. The number of benzene rings is 2. The summed E-state index contributed by atoms with van der Waals surface area (Å²) in [6.45, 7) is -0.674. The Morgan fingerprint density at radius 2 is 1.66 bits per heavy atom. The molecule has 0 unspecified atom stereocenters. The van der Waals surface area contributed by atoms with Crippen molar-refractivity contribution in [2.45, 2.75) is 29.8 Å². The van der Waals surface area contributed by atoms with Gasteiger partial charge in [-0.25, -0.2) is 22.0 Å². The molecule has 1 saturated heterocycles. The fourth-order valence-electron chi connectivity index (χ4n) is 3.80. The standard InChI is InChI=1S/C22H19F5N2O5S/c1-28(20(30)31)18-12-15-10-14(11-17(19(15)34-18)22(25,26)27)13-2-4-16(5-3-13)35(32,33)29-8-6-21(23,24)7-9-29/h2-5,10-12H,6-9H2,1H3,(H,30,31). The fourth-order valence-corrected chi connectivity index (χ4v) is 5.24. The van der Waals surface area contributed by atoms with Gasteiger partial charge < -0.3 is 9.52 Å². The molecular weight excluding hydrogens is 499 g/mol. The highest BCUT2D eigenvalue weighted by Crippen LogP contribution is 2.41. The molecule has 0 radical (unpaired) electrons. The highest BCUT2D eigenvalue weighted by Gasteiger charge is 2.39. The summed E-state index contributed by atoms with van der Waals surface area (Å²) in [6, 6.07) is 8.39. The van der Waals surface area contributed by atoms with Gasteiger partial charge in [-0.3, -0.25) is 4.90 Å². The zero-order chi connectivity index (χ0) is 25.8. The summed E-state index contributed by atoms with van der Waals surface area (Å²) < 4.78 is 99.7. The van der Waals surface area contributed by atoms with E-state index in [-0.39, 0.29) is 40.4 Å². The third kappa shape index (κ3) is 4.82. The molecule has 1 amide bonds. The highest BCUT2D eigenvalue weighted by molar-refractivity contribution is 7.89. The number of carbonyl (C=O) groups is 1. The van der Waals surface area contributed by atoms with Crippen molar-refractivity contribution in [2.75, 3.05) is 25.0 Å². The lowest BCUT2D eigenvalue weighted by Gasteiger charge is -2.30. The Bertz CT molecular complexity index is 1370. The smallest absolute Gasteiger partial charge is 0.420 e. The SMILES string of the molecule is CN(C(=O)O)c1cc2cc(-c3ccc(S(=O)(=O)N4CCC(F)(F)CC4)cc3)cc(C(F)(F)F)c2o1. The van der Waals surface area contributed by atoms with E-state index in [9.17, 15) is 35.2 Å². The molecule has 1 aliphatic heterocycles. The van der Waals surface area contributed by atoms with Crippen LogP contribution < -0.4 is 4.90 Å². The normalized spacial score (nSPS) is 17.0. The van der Waals surface area contributed by atoms with Crippen LogP contribution in [-0.2, 0) is 16.2 Å². The van der Waals surface area contributed by atoms with Crippen LogP contribution in [0.1, 0.15) is 18.4 Å². The Morgan fingerprint density at radius 1 is 1.06 bits per heavy atom. The topological polar surface area (TPSA) is 91.1 Å². The van der Waals surface area contributed by atoms with E-state index in [1.165, 1.54) is 30.3 Å². The molecule has 0 atom stereocenters. The Hall–Kier alpha value is -3.19. The third-order valence-corrected chi connectivity index (χ3v) is 7.72. The summed E-state index contributed by atoms with van der Waals surface area (Å²) in [6.07, 6.45) is -7.42. The van der Waals surface area contributed by atoms with Crippen LogP contribution in [0.4, 0.5) is 32.6 Å². The first-order chi connectivity index (χ1) is 16.2. The summed E-state index contributed by atoms with van der Waals surface area (Å²) in [5, 5.41) is 9.09. The number of sulfonamides is 1. The Kier molecular flexibility index (Phi) is 6.04. The first-order valence-electron chi connectivity index (χ1n) is 10.3. The molecule has 2 heterocycles. The molecule has 7 nitrogen and oxygen atoms in total. The van der Waals surface area contributed by atoms with Gasteiger partial charge in [-0.1, -0.05) is 12.1 Å². The number of carboxylic acid groups (broad SMARTS) is 1. The van der Waals surface area contributed by atoms with Gasteiger partial charge in [-0.2, -0.15) is 17.5 Å². The molecule has 0 aliphatic carbocycles. The quantitative estimate of drug-likeness (QED) is 0.451. The molecule has 13 heteroatoms. The molecule has 0 bridgehead atoms. The molecule has 1 aliphatic rings. The van der Waals surface area contributed by atoms with Gasteiger partial charge in [0.2, 0.25) is 15.9 Å². The van der Waals surface area contributed by atoms with Gasteiger partial charge in [0.05, 0.1) is 10.5 Å². The lowest BCUT2D eigenvalue weighted by Crippen LogP contribution is -2.42. The van der Waals surface area contributed by atoms with Gasteiger partial charge in [-0.05, 0) is 35.4 Å². The minimum Gasteiger partial charge on any atom is -0.465 e. The maximum absolute atomic E-state index is 13.7. The molecule has 1 N–H and O–H groups in total. The minimum absolute atomic E-state index is 0.00358. The predicted octanol–water partition coefficient (Wildman–Crippen LogP) is 5.65. The Morgan fingerprint density at radius 3 is 2.20 bits per heavy atom. The van der Waals surface area contributed by atoms with Gasteiger partial charge in [-0.15, -0.1) is 0 Å². The zero-order valence-electron chi connectivity index (χ0n) is 18.1. The van der Waals surface area contributed by atoms with Crippen LogP contribution in [0.25, 0.3) is 22.1 Å².